The maximum atomic E-state index is 13.9. The smallest absolute Gasteiger partial charge is 0.205 e. The Labute approximate surface area is 142 Å². The van der Waals surface area contributed by atoms with E-state index in [0.29, 0.717) is 33.4 Å². The van der Waals surface area contributed by atoms with E-state index in [-0.39, 0.29) is 5.82 Å². The van der Waals surface area contributed by atoms with Crippen molar-refractivity contribution in [3.63, 3.8) is 0 Å². The lowest BCUT2D eigenvalue weighted by Gasteiger charge is -2.13. The van der Waals surface area contributed by atoms with Gasteiger partial charge < -0.3 is 5.11 Å². The number of aliphatic hydroxyl groups is 1. The number of hydrogen-bond acceptors (Lipinski definition) is 3. The first-order chi connectivity index (χ1) is 11.6. The van der Waals surface area contributed by atoms with E-state index in [9.17, 15) is 9.50 Å². The van der Waals surface area contributed by atoms with Gasteiger partial charge in [-0.05, 0) is 31.2 Å². The highest BCUT2D eigenvalue weighted by atomic mass is 35.5. The van der Waals surface area contributed by atoms with E-state index in [2.05, 4.69) is 9.98 Å². The van der Waals surface area contributed by atoms with Crippen molar-refractivity contribution in [1.29, 1.82) is 0 Å². The fourth-order valence-electron chi connectivity index (χ4n) is 2.96. The molecule has 1 aromatic heterocycles. The minimum Gasteiger partial charge on any atom is -0.365 e. The standard InChI is InChI=1S/C18H13ClFN3O/c1-10-9-21-17-18(24)22-16(12-4-2-3-5-14(12)19)13-8-11(20)6-7-15(13)23(10)17/h2-9,18,24H,1H3. The number of aryl methyl sites for hydroxylation is 1. The van der Waals surface area contributed by atoms with Gasteiger partial charge in [0.15, 0.2) is 5.82 Å². The molecule has 3 aromatic rings. The van der Waals surface area contributed by atoms with Crippen LogP contribution in [0.15, 0.2) is 53.7 Å². The molecule has 4 rings (SSSR count). The molecular formula is C18H13ClFN3O. The van der Waals surface area contributed by atoms with Gasteiger partial charge in [-0.1, -0.05) is 29.8 Å². The Bertz CT molecular complexity index is 980. The van der Waals surface area contributed by atoms with E-state index in [4.69, 9.17) is 11.6 Å². The summed E-state index contributed by atoms with van der Waals surface area (Å²) in [5, 5.41) is 11.0. The van der Waals surface area contributed by atoms with Crippen LogP contribution in [0.2, 0.25) is 5.02 Å². The Morgan fingerprint density at radius 3 is 2.75 bits per heavy atom. The van der Waals surface area contributed by atoms with Gasteiger partial charge >= 0.3 is 0 Å². The summed E-state index contributed by atoms with van der Waals surface area (Å²) in [7, 11) is 0. The van der Waals surface area contributed by atoms with Crippen LogP contribution in [-0.2, 0) is 0 Å². The van der Waals surface area contributed by atoms with E-state index in [1.54, 1.807) is 35.0 Å². The van der Waals surface area contributed by atoms with Gasteiger partial charge in [-0.15, -0.1) is 0 Å². The number of hydrogen-bond donors (Lipinski definition) is 1. The molecule has 1 atom stereocenters. The third kappa shape index (κ3) is 2.25. The predicted molar refractivity (Wildman–Crippen MR) is 90.3 cm³/mol. The quantitative estimate of drug-likeness (QED) is 0.731. The summed E-state index contributed by atoms with van der Waals surface area (Å²) in [5.74, 6) is 0.00613. The average Bonchev–Trinajstić information content (AvgIpc) is 2.89. The predicted octanol–water partition coefficient (Wildman–Crippen LogP) is 3.82. The Kier molecular flexibility index (Phi) is 3.48. The lowest BCUT2D eigenvalue weighted by molar-refractivity contribution is 0.177. The highest BCUT2D eigenvalue weighted by Crippen LogP contribution is 2.32. The van der Waals surface area contributed by atoms with Crippen molar-refractivity contribution in [3.8, 4) is 5.69 Å². The van der Waals surface area contributed by atoms with E-state index >= 15 is 0 Å². The average molecular weight is 342 g/mol. The number of benzene rings is 2. The van der Waals surface area contributed by atoms with Crippen molar-refractivity contribution in [3.05, 3.63) is 82.1 Å². The molecule has 0 amide bonds. The molecule has 0 aliphatic carbocycles. The molecule has 0 radical (unpaired) electrons. The van der Waals surface area contributed by atoms with Crippen LogP contribution in [0.25, 0.3) is 5.69 Å². The molecule has 0 saturated heterocycles. The number of fused-ring (bicyclic) bond motifs is 3. The van der Waals surface area contributed by atoms with Gasteiger partial charge in [-0.2, -0.15) is 0 Å². The second kappa shape index (κ2) is 5.54. The first-order valence-electron chi connectivity index (χ1n) is 7.41. The zero-order valence-electron chi connectivity index (χ0n) is 12.7. The largest absolute Gasteiger partial charge is 0.365 e. The Balaban J connectivity index is 2.07. The summed E-state index contributed by atoms with van der Waals surface area (Å²) in [6.07, 6.45) is 0.488. The van der Waals surface area contributed by atoms with Crippen LogP contribution in [0.1, 0.15) is 28.9 Å². The van der Waals surface area contributed by atoms with Gasteiger partial charge in [-0.3, -0.25) is 4.57 Å². The number of aliphatic imine (C=N–C) groups is 1. The van der Waals surface area contributed by atoms with Crippen molar-refractivity contribution in [2.45, 2.75) is 13.2 Å². The third-order valence-corrected chi connectivity index (χ3v) is 4.36. The van der Waals surface area contributed by atoms with Crippen LogP contribution in [0.4, 0.5) is 4.39 Å². The van der Waals surface area contributed by atoms with E-state index in [1.165, 1.54) is 12.1 Å². The SMILES string of the molecule is Cc1cnc2n1-c1ccc(F)cc1C(c1ccccc1Cl)=NC2O. The Morgan fingerprint density at radius 2 is 1.96 bits per heavy atom. The minimum absolute atomic E-state index is 0.385. The number of rotatable bonds is 1. The molecule has 6 heteroatoms. The Hall–Kier alpha value is -2.50. The van der Waals surface area contributed by atoms with Gasteiger partial charge in [-0.25, -0.2) is 14.4 Å². The van der Waals surface area contributed by atoms with Crippen molar-refractivity contribution in [2.24, 2.45) is 4.99 Å². The van der Waals surface area contributed by atoms with Crippen LogP contribution in [0.3, 0.4) is 0 Å². The van der Waals surface area contributed by atoms with Crippen LogP contribution in [0.5, 0.6) is 0 Å². The molecular weight excluding hydrogens is 329 g/mol. The second-order valence-electron chi connectivity index (χ2n) is 5.59. The summed E-state index contributed by atoms with van der Waals surface area (Å²) in [5.41, 5.74) is 3.16. The van der Waals surface area contributed by atoms with Crippen molar-refractivity contribution in [1.82, 2.24) is 9.55 Å². The Morgan fingerprint density at radius 1 is 1.17 bits per heavy atom. The molecule has 2 aromatic carbocycles. The topological polar surface area (TPSA) is 50.4 Å². The summed E-state index contributed by atoms with van der Waals surface area (Å²) < 4.78 is 15.7. The summed E-state index contributed by atoms with van der Waals surface area (Å²) in [6.45, 7) is 1.87. The number of imidazole rings is 1. The molecule has 0 fully saturated rings. The molecule has 24 heavy (non-hydrogen) atoms. The summed E-state index contributed by atoms with van der Waals surface area (Å²) >= 11 is 6.30. The van der Waals surface area contributed by atoms with E-state index < -0.39 is 6.23 Å². The van der Waals surface area contributed by atoms with Gasteiger partial charge in [0.25, 0.3) is 0 Å². The van der Waals surface area contributed by atoms with Crippen LogP contribution in [0, 0.1) is 12.7 Å². The second-order valence-corrected chi connectivity index (χ2v) is 5.99. The zero-order valence-corrected chi connectivity index (χ0v) is 13.5. The molecule has 0 spiro atoms. The van der Waals surface area contributed by atoms with Gasteiger partial charge in [0.2, 0.25) is 6.23 Å². The van der Waals surface area contributed by atoms with E-state index in [1.807, 2.05) is 13.0 Å². The molecule has 0 saturated carbocycles. The number of halogens is 2. The highest BCUT2D eigenvalue weighted by molar-refractivity contribution is 6.35. The van der Waals surface area contributed by atoms with Crippen molar-refractivity contribution in [2.75, 3.05) is 0 Å². The van der Waals surface area contributed by atoms with Gasteiger partial charge in [0, 0.05) is 28.0 Å². The number of nitrogens with zero attached hydrogens (tertiary/aromatic N) is 3. The monoisotopic (exact) mass is 341 g/mol. The van der Waals surface area contributed by atoms with Crippen LogP contribution < -0.4 is 0 Å². The summed E-state index contributed by atoms with van der Waals surface area (Å²) in [4.78, 5) is 8.63. The van der Waals surface area contributed by atoms with Gasteiger partial charge in [0.05, 0.1) is 11.4 Å². The molecule has 0 bridgehead atoms. The molecule has 4 nitrogen and oxygen atoms in total. The fourth-order valence-corrected chi connectivity index (χ4v) is 3.19. The molecule has 1 aliphatic heterocycles. The first-order valence-corrected chi connectivity index (χ1v) is 7.79. The van der Waals surface area contributed by atoms with Crippen molar-refractivity contribution >= 4 is 17.3 Å². The van der Waals surface area contributed by atoms with Gasteiger partial charge in [0.1, 0.15) is 5.82 Å². The molecule has 2 heterocycles. The number of aromatic nitrogens is 2. The molecule has 1 aliphatic rings. The van der Waals surface area contributed by atoms with Crippen LogP contribution in [-0.4, -0.2) is 20.4 Å². The fraction of sp³-hybridized carbons (Fsp3) is 0.111. The summed E-state index contributed by atoms with van der Waals surface area (Å²) in [6, 6.07) is 11.6. The number of aliphatic hydroxyl groups excluding tert-OH is 1. The lowest BCUT2D eigenvalue weighted by Crippen LogP contribution is -2.09. The third-order valence-electron chi connectivity index (χ3n) is 4.03. The zero-order chi connectivity index (χ0) is 16.8. The van der Waals surface area contributed by atoms with E-state index in [0.717, 1.165) is 5.69 Å². The van der Waals surface area contributed by atoms with Crippen molar-refractivity contribution < 1.29 is 9.50 Å². The normalized spacial score (nSPS) is 16.2. The molecule has 1 unspecified atom stereocenters. The minimum atomic E-state index is -1.17. The molecule has 1 N–H and O–H groups in total. The lowest BCUT2D eigenvalue weighted by atomic mass is 10.00. The first kappa shape index (κ1) is 15.1. The maximum absolute atomic E-state index is 13.9. The molecule has 120 valence electrons. The maximum Gasteiger partial charge on any atom is 0.205 e. The highest BCUT2D eigenvalue weighted by Gasteiger charge is 2.26. The van der Waals surface area contributed by atoms with Crippen LogP contribution >= 0.6 is 11.6 Å².